The van der Waals surface area contributed by atoms with Gasteiger partial charge >= 0.3 is 5.97 Å². The fourth-order valence-electron chi connectivity index (χ4n) is 2.30. The molecule has 0 fully saturated rings. The van der Waals surface area contributed by atoms with Crippen molar-refractivity contribution < 1.29 is 24.2 Å². The van der Waals surface area contributed by atoms with E-state index in [0.29, 0.717) is 36.7 Å². The van der Waals surface area contributed by atoms with Crippen LogP contribution in [0.25, 0.3) is 0 Å². The summed E-state index contributed by atoms with van der Waals surface area (Å²) in [5.41, 5.74) is 1.31. The van der Waals surface area contributed by atoms with Gasteiger partial charge in [-0.05, 0) is 31.0 Å². The van der Waals surface area contributed by atoms with Gasteiger partial charge in [-0.2, -0.15) is 0 Å². The van der Waals surface area contributed by atoms with Gasteiger partial charge in [-0.25, -0.2) is 4.79 Å². The van der Waals surface area contributed by atoms with Gasteiger partial charge in [0.05, 0.1) is 0 Å². The molecular formula is C17H22BrNO5. The van der Waals surface area contributed by atoms with Crippen LogP contribution in [0.15, 0.2) is 27.8 Å². The van der Waals surface area contributed by atoms with Crippen molar-refractivity contribution in [2.45, 2.75) is 45.3 Å². The first kappa shape index (κ1) is 18.7. The normalized spacial score (nSPS) is 18.0. The van der Waals surface area contributed by atoms with E-state index in [9.17, 15) is 9.90 Å². The molecule has 1 heterocycles. The number of rotatable bonds is 9. The number of ether oxygens (including phenoxy) is 2. The summed E-state index contributed by atoms with van der Waals surface area (Å²) in [6.45, 7) is 4.84. The highest BCUT2D eigenvalue weighted by Crippen LogP contribution is 2.29. The van der Waals surface area contributed by atoms with E-state index in [1.807, 2.05) is 6.07 Å². The first-order valence-electron chi connectivity index (χ1n) is 8.07. The number of unbranched alkanes of at least 4 members (excludes halogenated alkanes) is 1. The summed E-state index contributed by atoms with van der Waals surface area (Å²) in [6, 6.07) is 5.37. The number of oxime groups is 1. The van der Waals surface area contributed by atoms with Gasteiger partial charge in [-0.15, -0.1) is 0 Å². The first-order chi connectivity index (χ1) is 11.6. The second-order valence-electron chi connectivity index (χ2n) is 5.48. The Morgan fingerprint density at radius 2 is 2.29 bits per heavy atom. The first-order valence-corrected chi connectivity index (χ1v) is 8.86. The minimum absolute atomic E-state index is 0.280. The number of nitrogens with zero attached hydrogens (tertiary/aromatic N) is 1. The van der Waals surface area contributed by atoms with Crippen molar-refractivity contribution in [2.24, 2.45) is 5.16 Å². The van der Waals surface area contributed by atoms with Gasteiger partial charge < -0.3 is 19.4 Å². The second-order valence-corrected chi connectivity index (χ2v) is 6.39. The lowest BCUT2D eigenvalue weighted by Gasteiger charge is -2.18. The summed E-state index contributed by atoms with van der Waals surface area (Å²) in [5, 5.41) is 13.3. The maximum atomic E-state index is 11.3. The van der Waals surface area contributed by atoms with Gasteiger partial charge in [0.1, 0.15) is 24.2 Å². The van der Waals surface area contributed by atoms with Crippen molar-refractivity contribution in [3.8, 4) is 5.75 Å². The third kappa shape index (κ3) is 4.70. The molecule has 0 saturated heterocycles. The lowest BCUT2D eigenvalue weighted by molar-refractivity contribution is -0.145. The van der Waals surface area contributed by atoms with Crippen LogP contribution in [0.2, 0.25) is 0 Å². The number of carboxylic acids is 1. The smallest absolute Gasteiger partial charge is 0.344 e. The topological polar surface area (TPSA) is 77.3 Å². The number of carbonyl (C=O) groups is 1. The van der Waals surface area contributed by atoms with E-state index in [0.717, 1.165) is 17.3 Å². The molecule has 1 aliphatic heterocycles. The Balaban J connectivity index is 2.24. The number of carboxylic acid groups (broad SMARTS) is 1. The Labute approximate surface area is 149 Å². The van der Waals surface area contributed by atoms with E-state index in [1.165, 1.54) is 0 Å². The Morgan fingerprint density at radius 1 is 1.50 bits per heavy atom. The van der Waals surface area contributed by atoms with Gasteiger partial charge in [0.25, 0.3) is 0 Å². The van der Waals surface area contributed by atoms with E-state index in [2.05, 4.69) is 28.0 Å². The van der Waals surface area contributed by atoms with E-state index in [-0.39, 0.29) is 6.10 Å². The molecular weight excluding hydrogens is 378 g/mol. The maximum Gasteiger partial charge on any atom is 0.344 e. The molecule has 0 aliphatic carbocycles. The minimum Gasteiger partial charge on any atom is -0.479 e. The Kier molecular flexibility index (Phi) is 7.05. The van der Waals surface area contributed by atoms with Crippen molar-refractivity contribution in [2.75, 3.05) is 13.2 Å². The van der Waals surface area contributed by atoms with Crippen LogP contribution in [0.4, 0.5) is 0 Å². The van der Waals surface area contributed by atoms with Crippen molar-refractivity contribution in [3.05, 3.63) is 28.2 Å². The van der Waals surface area contributed by atoms with Crippen LogP contribution in [-0.4, -0.2) is 42.2 Å². The highest BCUT2D eigenvalue weighted by atomic mass is 79.9. The van der Waals surface area contributed by atoms with E-state index >= 15 is 0 Å². The van der Waals surface area contributed by atoms with Crippen molar-refractivity contribution >= 4 is 27.6 Å². The lowest BCUT2D eigenvalue weighted by atomic mass is 10.0. The number of hydrogen-bond donors (Lipinski definition) is 1. The van der Waals surface area contributed by atoms with Gasteiger partial charge in [0, 0.05) is 16.6 Å². The third-order valence-corrected chi connectivity index (χ3v) is 4.14. The predicted molar refractivity (Wildman–Crippen MR) is 93.6 cm³/mol. The molecule has 0 saturated carbocycles. The number of aliphatic carboxylic acids is 1. The molecule has 1 aromatic rings. The Bertz CT molecular complexity index is 605. The van der Waals surface area contributed by atoms with Crippen LogP contribution in [-0.2, 0) is 14.4 Å². The summed E-state index contributed by atoms with van der Waals surface area (Å²) >= 11 is 3.43. The van der Waals surface area contributed by atoms with Gasteiger partial charge in [-0.1, -0.05) is 41.4 Å². The van der Waals surface area contributed by atoms with Gasteiger partial charge in [-0.3, -0.25) is 0 Å². The molecule has 1 N–H and O–H groups in total. The zero-order valence-electron chi connectivity index (χ0n) is 13.8. The van der Waals surface area contributed by atoms with Gasteiger partial charge in [0.2, 0.25) is 0 Å². The van der Waals surface area contributed by atoms with Crippen molar-refractivity contribution in [1.82, 2.24) is 0 Å². The molecule has 1 aromatic carbocycles. The molecule has 0 bridgehead atoms. The van der Waals surface area contributed by atoms with E-state index < -0.39 is 12.1 Å². The highest BCUT2D eigenvalue weighted by Gasteiger charge is 2.29. The molecule has 0 spiro atoms. The van der Waals surface area contributed by atoms with Gasteiger partial charge in [0.15, 0.2) is 6.10 Å². The van der Waals surface area contributed by atoms with Crippen LogP contribution in [0.1, 0.15) is 38.7 Å². The second kappa shape index (κ2) is 9.03. The molecule has 1 unspecified atom stereocenters. The Morgan fingerprint density at radius 3 is 2.96 bits per heavy atom. The summed E-state index contributed by atoms with van der Waals surface area (Å²) in [5.74, 6) is -0.535. The molecule has 7 heteroatoms. The standard InChI is InChI=1S/C17H22BrNO5/c1-3-5-8-22-15-10-23-19-16(15)12-9-11(18)6-7-14(12)24-13(4-2)17(20)21/h6-7,9,13,15H,3-5,8,10H2,1-2H3,(H,20,21)/t13-,15?/m0/s1. The molecule has 132 valence electrons. The average Bonchev–Trinajstić information content (AvgIpc) is 3.02. The van der Waals surface area contributed by atoms with Crippen molar-refractivity contribution in [1.29, 1.82) is 0 Å². The minimum atomic E-state index is -0.994. The molecule has 24 heavy (non-hydrogen) atoms. The number of hydrogen-bond acceptors (Lipinski definition) is 5. The van der Waals surface area contributed by atoms with E-state index in [1.54, 1.807) is 19.1 Å². The van der Waals surface area contributed by atoms with Crippen LogP contribution in [0.3, 0.4) is 0 Å². The summed E-state index contributed by atoms with van der Waals surface area (Å²) in [6.07, 6.45) is 1.18. The molecule has 0 aromatic heterocycles. The summed E-state index contributed by atoms with van der Waals surface area (Å²) in [7, 11) is 0. The predicted octanol–water partition coefficient (Wildman–Crippen LogP) is 3.61. The van der Waals surface area contributed by atoms with Crippen LogP contribution >= 0.6 is 15.9 Å². The van der Waals surface area contributed by atoms with E-state index in [4.69, 9.17) is 14.3 Å². The number of benzene rings is 1. The summed E-state index contributed by atoms with van der Waals surface area (Å²) < 4.78 is 12.4. The largest absolute Gasteiger partial charge is 0.479 e. The number of halogens is 1. The molecule has 0 amide bonds. The SMILES string of the molecule is CCCCOC1CON=C1c1cc(Br)ccc1O[C@@H](CC)C(=O)O. The Hall–Kier alpha value is -1.60. The quantitative estimate of drug-likeness (QED) is 0.641. The summed E-state index contributed by atoms with van der Waals surface area (Å²) in [4.78, 5) is 16.5. The van der Waals surface area contributed by atoms with Crippen LogP contribution in [0.5, 0.6) is 5.75 Å². The zero-order valence-corrected chi connectivity index (χ0v) is 15.4. The lowest BCUT2D eigenvalue weighted by Crippen LogP contribution is -2.29. The monoisotopic (exact) mass is 399 g/mol. The van der Waals surface area contributed by atoms with Crippen LogP contribution < -0.4 is 4.74 Å². The molecule has 2 atom stereocenters. The average molecular weight is 400 g/mol. The fraction of sp³-hybridized carbons (Fsp3) is 0.529. The van der Waals surface area contributed by atoms with Crippen LogP contribution in [0, 0.1) is 0 Å². The molecule has 2 rings (SSSR count). The molecule has 1 aliphatic rings. The third-order valence-electron chi connectivity index (χ3n) is 3.64. The fourth-order valence-corrected chi connectivity index (χ4v) is 2.66. The van der Waals surface area contributed by atoms with Crippen molar-refractivity contribution in [3.63, 3.8) is 0 Å². The zero-order chi connectivity index (χ0) is 17.5. The molecule has 0 radical (unpaired) electrons. The highest BCUT2D eigenvalue weighted by molar-refractivity contribution is 9.10. The maximum absolute atomic E-state index is 11.3. The molecule has 6 nitrogen and oxygen atoms in total.